The van der Waals surface area contributed by atoms with Gasteiger partial charge in [-0.05, 0) is 131 Å². The number of benzene rings is 18. The Morgan fingerprint density at radius 3 is 0.688 bits per heavy atom. The van der Waals surface area contributed by atoms with E-state index in [9.17, 15) is 0 Å². The molecule has 30 aromatic rings. The quantitative estimate of drug-likeness (QED) is 0.0995. The van der Waals surface area contributed by atoms with E-state index in [4.69, 9.17) is 67.5 Å². The van der Waals surface area contributed by atoms with E-state index in [1.54, 1.807) is 0 Å². The van der Waals surface area contributed by atoms with E-state index >= 15 is 0 Å². The van der Waals surface area contributed by atoms with Crippen molar-refractivity contribution in [3.8, 4) is 136 Å². The van der Waals surface area contributed by atoms with Crippen LogP contribution in [0.15, 0.2) is 467 Å². The topological polar surface area (TPSA) is 201 Å². The fourth-order valence-electron chi connectivity index (χ4n) is 21.0. The van der Waals surface area contributed by atoms with Crippen LogP contribution in [0.2, 0.25) is 0 Å². The molecular formula is C126H74N14O4. The maximum absolute atomic E-state index is 6.84. The Labute approximate surface area is 819 Å². The molecule has 18 aromatic carbocycles. The summed E-state index contributed by atoms with van der Waals surface area (Å²) in [6.45, 7) is 0. The van der Waals surface area contributed by atoms with E-state index in [0.717, 1.165) is 232 Å². The molecule has 0 saturated carbocycles. The largest absolute Gasteiger partial charge is 0.439 e. The summed E-state index contributed by atoms with van der Waals surface area (Å²) in [4.78, 5) is 51.1. The van der Waals surface area contributed by atoms with Crippen molar-refractivity contribution in [1.82, 2.24) is 68.1 Å². The third-order valence-electron chi connectivity index (χ3n) is 27.6. The number of para-hydroxylation sites is 6. The second-order valence-electron chi connectivity index (χ2n) is 36.1. The van der Waals surface area contributed by atoms with Crippen LogP contribution in [0.1, 0.15) is 0 Å². The fourth-order valence-corrected chi connectivity index (χ4v) is 21.0. The van der Waals surface area contributed by atoms with Gasteiger partial charge < -0.3 is 17.7 Å². The van der Waals surface area contributed by atoms with Crippen molar-refractivity contribution >= 4 is 154 Å². The number of fused-ring (bicyclic) bond motifs is 22. The average Bonchev–Trinajstić information content (AvgIpc) is 1.56. The van der Waals surface area contributed by atoms with Crippen molar-refractivity contribution in [1.29, 1.82) is 0 Å². The van der Waals surface area contributed by atoms with Gasteiger partial charge in [-0.1, -0.05) is 340 Å². The summed E-state index contributed by atoms with van der Waals surface area (Å²) < 4.78 is 35.7. The first-order valence-corrected chi connectivity index (χ1v) is 47.8. The summed E-state index contributed by atoms with van der Waals surface area (Å²) in [7, 11) is 0. The van der Waals surface area contributed by atoms with E-state index in [0.29, 0.717) is 58.3 Å². The molecule has 0 N–H and O–H groups in total. The van der Waals surface area contributed by atoms with Crippen LogP contribution < -0.4 is 0 Å². The highest BCUT2D eigenvalue weighted by molar-refractivity contribution is 6.25. The van der Waals surface area contributed by atoms with E-state index < -0.39 is 0 Å². The highest BCUT2D eigenvalue weighted by atomic mass is 16.4. The number of rotatable bonds is 14. The van der Waals surface area contributed by atoms with Crippen molar-refractivity contribution < 1.29 is 17.7 Å². The first-order valence-electron chi connectivity index (χ1n) is 47.8. The van der Waals surface area contributed by atoms with Crippen molar-refractivity contribution in [2.24, 2.45) is 0 Å². The molecular weight excluding hydrogens is 1770 g/mol. The Morgan fingerprint density at radius 2 is 0.389 bits per heavy atom. The molecule has 12 heterocycles. The van der Waals surface area contributed by atoms with E-state index in [1.165, 1.54) is 0 Å². The van der Waals surface area contributed by atoms with Gasteiger partial charge in [0.2, 0.25) is 34.8 Å². The Bertz CT molecular complexity index is 9740. The predicted molar refractivity (Wildman–Crippen MR) is 577 cm³/mol. The summed E-state index contributed by atoms with van der Waals surface area (Å²) in [6, 6.07) is 154. The molecule has 0 aliphatic carbocycles. The Hall–Kier alpha value is -20.0. The lowest BCUT2D eigenvalue weighted by Crippen LogP contribution is -2.03. The molecule has 0 atom stereocenters. The molecule has 0 spiro atoms. The summed E-state index contributed by atoms with van der Waals surface area (Å²) in [5, 5.41) is 14.5. The van der Waals surface area contributed by atoms with E-state index in [2.05, 4.69) is 225 Å². The van der Waals surface area contributed by atoms with Gasteiger partial charge in [0.05, 0.1) is 66.0 Å². The standard InChI is InChI=1S/C70H42N8O2.C56H32N6O2/c1-5-19-43(20-6-1)63-71-64(44-21-7-2-8-22-44)74-67(73-63)49-27-17-29-51(39-49)77-57-37-35-47(41-55(57)61-53-31-13-15-33-59(53)79-69(61)77)48-36-38-58-56(42-48)62-54-32-14-16-34-60(54)80-70(62)78(58)52-30-18-28-50(40-52)68-75-65(45-23-9-3-10-24-45)72-66(76-68)46-25-11-4-12-26-46;1-3-15-33(16-4-1)51-37-19-7-11-23-43(37)57-55(59-51)61-45-29-27-35(31-41(45)49-39-21-9-13-25-47(39)63-53(49)61)36-28-30-46-42(32-36)50-40-22-10-14-26-48(40)64-54(50)62(46)56-58-44-24-12-8-20-38(44)52(60-56)34-17-5-2-6-18-34/h1-42H;1-32H. The highest BCUT2D eigenvalue weighted by Gasteiger charge is 2.30. The third kappa shape index (κ3) is 13.3. The second kappa shape index (κ2) is 32.9. The molecule has 18 nitrogen and oxygen atoms in total. The van der Waals surface area contributed by atoms with Gasteiger partial charge in [-0.25, -0.2) is 59.0 Å². The molecule has 0 aliphatic heterocycles. The van der Waals surface area contributed by atoms with Crippen LogP contribution in [0.25, 0.3) is 290 Å². The molecule has 0 aliphatic rings. The molecule has 0 radical (unpaired) electrons. The van der Waals surface area contributed by atoms with Gasteiger partial charge in [-0.2, -0.15) is 0 Å². The number of hydrogen-bond acceptors (Lipinski definition) is 14. The zero-order valence-electron chi connectivity index (χ0n) is 76.6. The van der Waals surface area contributed by atoms with Crippen LogP contribution in [0.5, 0.6) is 0 Å². The molecule has 12 aromatic heterocycles. The van der Waals surface area contributed by atoms with Gasteiger partial charge >= 0.3 is 0 Å². The minimum Gasteiger partial charge on any atom is -0.439 e. The lowest BCUT2D eigenvalue weighted by Gasteiger charge is -2.11. The minimum atomic E-state index is 0.549. The zero-order valence-corrected chi connectivity index (χ0v) is 76.6. The number of nitrogens with zero attached hydrogens (tertiary/aromatic N) is 14. The maximum atomic E-state index is 6.84. The van der Waals surface area contributed by atoms with Crippen molar-refractivity contribution in [2.45, 2.75) is 0 Å². The van der Waals surface area contributed by atoms with Crippen LogP contribution in [0.3, 0.4) is 0 Å². The molecule has 0 bridgehead atoms. The first-order chi connectivity index (χ1) is 71.4. The van der Waals surface area contributed by atoms with Crippen molar-refractivity contribution in [3.05, 3.63) is 449 Å². The van der Waals surface area contributed by atoms with Crippen LogP contribution in [0.4, 0.5) is 0 Å². The Morgan fingerprint density at radius 1 is 0.153 bits per heavy atom. The lowest BCUT2D eigenvalue weighted by molar-refractivity contribution is 0.641. The van der Waals surface area contributed by atoms with E-state index in [-0.39, 0.29) is 0 Å². The SMILES string of the molecule is c1ccc(-c2nc(-c3ccccc3)nc(-c3cccc(-n4c5ccc(-c6ccc7c(c6)c6c8ccccc8oc6n7-c6cccc(-c7nc(-c8ccccc8)nc(-c8ccccc8)n7)c6)cc5c5c6ccccc6oc54)c3)n2)cc1.c1ccc(-c2nc(-n3c4ccc(-c5ccc6c(c5)c5c7ccccc7oc5n6-c5nc(-c6ccccc6)c6ccccc6n5)cc4c4c5ccccc5oc43)nc3ccccc23)cc1. The first kappa shape index (κ1) is 81.2. The van der Waals surface area contributed by atoms with Crippen LogP contribution >= 0.6 is 0 Å². The third-order valence-corrected chi connectivity index (χ3v) is 27.6. The van der Waals surface area contributed by atoms with Gasteiger partial charge in [0.15, 0.2) is 34.9 Å². The molecule has 30 rings (SSSR count). The molecule has 0 saturated heterocycles. The van der Waals surface area contributed by atoms with Gasteiger partial charge in [-0.3, -0.25) is 9.13 Å². The molecule has 0 amide bonds. The maximum Gasteiger partial charge on any atom is 0.238 e. The molecule has 18 heteroatoms. The molecule has 0 unspecified atom stereocenters. The van der Waals surface area contributed by atoms with E-state index in [1.807, 2.05) is 243 Å². The fraction of sp³-hybridized carbons (Fsp3) is 0. The van der Waals surface area contributed by atoms with Crippen LogP contribution in [-0.4, -0.2) is 68.1 Å². The average molecular weight is 1850 g/mol. The number of hydrogen-bond donors (Lipinski definition) is 0. The van der Waals surface area contributed by atoms with Gasteiger partial charge in [-0.15, -0.1) is 0 Å². The van der Waals surface area contributed by atoms with Gasteiger partial charge in [0, 0.05) is 110 Å². The lowest BCUT2D eigenvalue weighted by atomic mass is 10.00. The predicted octanol–water partition coefficient (Wildman–Crippen LogP) is 31.7. The van der Waals surface area contributed by atoms with Crippen molar-refractivity contribution in [3.63, 3.8) is 0 Å². The monoisotopic (exact) mass is 1850 g/mol. The Balaban J connectivity index is 0.000000140. The van der Waals surface area contributed by atoms with Crippen LogP contribution in [0, 0.1) is 0 Å². The number of aromatic nitrogens is 14. The second-order valence-corrected chi connectivity index (χ2v) is 36.1. The van der Waals surface area contributed by atoms with Gasteiger partial charge in [0.25, 0.3) is 0 Å². The summed E-state index contributed by atoms with van der Waals surface area (Å²) in [5.41, 5.74) is 27.1. The molecule has 672 valence electrons. The summed E-state index contributed by atoms with van der Waals surface area (Å²) >= 11 is 0. The zero-order chi connectivity index (χ0) is 94.6. The smallest absolute Gasteiger partial charge is 0.238 e. The van der Waals surface area contributed by atoms with Crippen LogP contribution in [-0.2, 0) is 0 Å². The summed E-state index contributed by atoms with van der Waals surface area (Å²) in [6.07, 6.45) is 0. The molecule has 0 fully saturated rings. The molecule has 144 heavy (non-hydrogen) atoms. The number of furan rings is 4. The summed E-state index contributed by atoms with van der Waals surface area (Å²) in [5.74, 6) is 4.68. The van der Waals surface area contributed by atoms with Crippen molar-refractivity contribution in [2.75, 3.05) is 0 Å². The van der Waals surface area contributed by atoms with Gasteiger partial charge in [0.1, 0.15) is 22.3 Å². The normalized spacial score (nSPS) is 11.9. The highest BCUT2D eigenvalue weighted by Crippen LogP contribution is 2.49. The Kier molecular flexibility index (Phi) is 18.5. The minimum absolute atomic E-state index is 0.549.